The topological polar surface area (TPSA) is 64.4 Å². The molecule has 0 spiro atoms. The summed E-state index contributed by atoms with van der Waals surface area (Å²) in [5.41, 5.74) is 5.25. The monoisotopic (exact) mass is 477 g/mol. The molecule has 3 aromatic rings. The number of hydrogen-bond donors (Lipinski definition) is 0. The fraction of sp³-hybridized carbons (Fsp3) is 0.348. The molecule has 0 saturated carbocycles. The van der Waals surface area contributed by atoms with Crippen molar-refractivity contribution in [1.29, 1.82) is 0 Å². The molecule has 0 bridgehead atoms. The molecule has 2 heterocycles. The average Bonchev–Trinajstić information content (AvgIpc) is 3.06. The maximum absolute atomic E-state index is 13.3. The number of rotatable bonds is 6. The Hall–Kier alpha value is -2.26. The molecule has 0 atom stereocenters. The maximum Gasteiger partial charge on any atom is 0.243 e. The zero-order valence-corrected chi connectivity index (χ0v) is 19.8. The van der Waals surface area contributed by atoms with Gasteiger partial charge < -0.3 is 4.74 Å². The highest BCUT2D eigenvalue weighted by molar-refractivity contribution is 7.89. The van der Waals surface area contributed by atoms with Gasteiger partial charge in [-0.05, 0) is 54.8 Å². The quantitative estimate of drug-likeness (QED) is 0.531. The van der Waals surface area contributed by atoms with Gasteiger partial charge in [0.2, 0.25) is 10.0 Å². The van der Waals surface area contributed by atoms with Crippen molar-refractivity contribution in [2.24, 2.45) is 7.05 Å². The lowest BCUT2D eigenvalue weighted by atomic mass is 10.1. The van der Waals surface area contributed by atoms with Gasteiger partial charge >= 0.3 is 0 Å². The molecule has 9 heteroatoms. The van der Waals surface area contributed by atoms with E-state index >= 15 is 0 Å². The first-order chi connectivity index (χ1) is 15.2. The summed E-state index contributed by atoms with van der Waals surface area (Å²) < 4.78 is 48.8. The Bertz CT molecular complexity index is 1270. The molecule has 32 heavy (non-hydrogen) atoms. The van der Waals surface area contributed by atoms with Gasteiger partial charge in [0.05, 0.1) is 23.8 Å². The number of sulfonamides is 1. The zero-order chi connectivity index (χ0) is 23.0. The number of aryl methyl sites for hydroxylation is 3. The highest BCUT2D eigenvalue weighted by Gasteiger charge is 2.32. The van der Waals surface area contributed by atoms with Crippen LogP contribution in [0.2, 0.25) is 5.02 Å². The number of aromatic nitrogens is 2. The smallest absolute Gasteiger partial charge is 0.243 e. The van der Waals surface area contributed by atoms with Crippen molar-refractivity contribution in [3.05, 3.63) is 80.9 Å². The number of nitrogens with zero attached hydrogens (tertiary/aromatic N) is 3. The van der Waals surface area contributed by atoms with Crippen LogP contribution in [-0.4, -0.2) is 29.0 Å². The highest BCUT2D eigenvalue weighted by atomic mass is 35.5. The van der Waals surface area contributed by atoms with Gasteiger partial charge in [-0.25, -0.2) is 12.8 Å². The van der Waals surface area contributed by atoms with Crippen LogP contribution in [0.15, 0.2) is 41.3 Å². The summed E-state index contributed by atoms with van der Waals surface area (Å²) in [6.07, 6.45) is 0.576. The normalized spacial score (nSPS) is 14.5. The predicted molar refractivity (Wildman–Crippen MR) is 120 cm³/mol. The van der Waals surface area contributed by atoms with Crippen LogP contribution in [0, 0.1) is 19.7 Å². The number of ether oxygens (including phenoxy) is 1. The average molecular weight is 478 g/mol. The lowest BCUT2D eigenvalue weighted by Crippen LogP contribution is -2.36. The first-order valence-electron chi connectivity index (χ1n) is 10.3. The SMILES string of the molecule is Cc1ccc(S(=O)(=O)N2CCc3c(c(COCc4ccc(F)cc4Cl)nn3C)C2)cc1C. The first-order valence-corrected chi connectivity index (χ1v) is 12.1. The molecule has 1 aliphatic heterocycles. The van der Waals surface area contributed by atoms with Crippen LogP contribution >= 0.6 is 11.6 Å². The predicted octanol–water partition coefficient (Wildman–Crippen LogP) is 4.29. The zero-order valence-electron chi connectivity index (χ0n) is 18.2. The van der Waals surface area contributed by atoms with Crippen LogP contribution in [0.4, 0.5) is 4.39 Å². The van der Waals surface area contributed by atoms with E-state index in [0.717, 1.165) is 22.4 Å². The van der Waals surface area contributed by atoms with Gasteiger partial charge in [0.15, 0.2) is 0 Å². The molecular weight excluding hydrogens is 453 g/mol. The van der Waals surface area contributed by atoms with Crippen LogP contribution in [0.1, 0.15) is 33.6 Å². The number of hydrogen-bond acceptors (Lipinski definition) is 4. The molecule has 1 aromatic heterocycles. The van der Waals surface area contributed by atoms with E-state index in [0.29, 0.717) is 34.1 Å². The fourth-order valence-electron chi connectivity index (χ4n) is 3.89. The van der Waals surface area contributed by atoms with Gasteiger partial charge in [-0.1, -0.05) is 23.7 Å². The molecular formula is C23H25ClFN3O3S. The molecule has 6 nitrogen and oxygen atoms in total. The molecule has 0 fully saturated rings. The van der Waals surface area contributed by atoms with Crippen molar-refractivity contribution in [2.75, 3.05) is 6.54 Å². The summed E-state index contributed by atoms with van der Waals surface area (Å²) in [5, 5.41) is 4.86. The highest BCUT2D eigenvalue weighted by Crippen LogP contribution is 2.28. The van der Waals surface area contributed by atoms with Gasteiger partial charge in [-0.15, -0.1) is 0 Å². The lowest BCUT2D eigenvalue weighted by Gasteiger charge is -2.27. The minimum Gasteiger partial charge on any atom is -0.370 e. The molecule has 2 aromatic carbocycles. The van der Waals surface area contributed by atoms with Crippen molar-refractivity contribution in [3.63, 3.8) is 0 Å². The summed E-state index contributed by atoms with van der Waals surface area (Å²) in [6.45, 7) is 4.91. The van der Waals surface area contributed by atoms with Gasteiger partial charge in [-0.2, -0.15) is 9.40 Å². The molecule has 0 aliphatic carbocycles. The third-order valence-corrected chi connectivity index (χ3v) is 8.11. The Morgan fingerprint density at radius 1 is 1.12 bits per heavy atom. The van der Waals surface area contributed by atoms with Crippen LogP contribution in [-0.2, 0) is 48.0 Å². The van der Waals surface area contributed by atoms with Crippen molar-refractivity contribution >= 4 is 21.6 Å². The van der Waals surface area contributed by atoms with Gasteiger partial charge in [-0.3, -0.25) is 4.68 Å². The van der Waals surface area contributed by atoms with Gasteiger partial charge in [0.25, 0.3) is 0 Å². The van der Waals surface area contributed by atoms with Crippen LogP contribution in [0.25, 0.3) is 0 Å². The third kappa shape index (κ3) is 4.45. The second-order valence-corrected chi connectivity index (χ2v) is 10.4. The number of benzene rings is 2. The molecule has 0 N–H and O–H groups in total. The second-order valence-electron chi connectivity index (χ2n) is 8.06. The number of halogens is 2. The number of fused-ring (bicyclic) bond motifs is 1. The Morgan fingerprint density at radius 2 is 1.91 bits per heavy atom. The van der Waals surface area contributed by atoms with Crippen molar-refractivity contribution in [1.82, 2.24) is 14.1 Å². The summed E-state index contributed by atoms with van der Waals surface area (Å²) in [5.74, 6) is -0.400. The molecule has 4 rings (SSSR count). The first kappa shape index (κ1) is 22.9. The van der Waals surface area contributed by atoms with E-state index < -0.39 is 15.8 Å². The maximum atomic E-state index is 13.3. The summed E-state index contributed by atoms with van der Waals surface area (Å²) in [6, 6.07) is 9.39. The molecule has 1 aliphatic rings. The molecule has 0 amide bonds. The van der Waals surface area contributed by atoms with Crippen LogP contribution in [0.5, 0.6) is 0 Å². The summed E-state index contributed by atoms with van der Waals surface area (Å²) >= 11 is 6.07. The Balaban J connectivity index is 1.52. The van der Waals surface area contributed by atoms with Crippen molar-refractivity contribution in [3.8, 4) is 0 Å². The van der Waals surface area contributed by atoms with Crippen LogP contribution < -0.4 is 0 Å². The van der Waals surface area contributed by atoms with E-state index in [1.54, 1.807) is 22.9 Å². The van der Waals surface area contributed by atoms with Crippen molar-refractivity contribution < 1.29 is 17.5 Å². The van der Waals surface area contributed by atoms with E-state index in [-0.39, 0.29) is 19.8 Å². The van der Waals surface area contributed by atoms with Gasteiger partial charge in [0.1, 0.15) is 5.82 Å². The van der Waals surface area contributed by atoms with E-state index in [4.69, 9.17) is 16.3 Å². The molecule has 0 saturated heterocycles. The van der Waals surface area contributed by atoms with E-state index in [1.165, 1.54) is 16.4 Å². The largest absolute Gasteiger partial charge is 0.370 e. The Morgan fingerprint density at radius 3 is 2.62 bits per heavy atom. The third-order valence-electron chi connectivity index (χ3n) is 5.92. The van der Waals surface area contributed by atoms with Gasteiger partial charge in [0, 0.05) is 42.8 Å². The molecule has 170 valence electrons. The van der Waals surface area contributed by atoms with Crippen molar-refractivity contribution in [2.45, 2.75) is 44.9 Å². The Labute approximate surface area is 192 Å². The van der Waals surface area contributed by atoms with E-state index in [1.807, 2.05) is 27.0 Å². The molecule has 0 unspecified atom stereocenters. The standard InChI is InChI=1S/C23H25ClFN3O3S/c1-15-4-7-19(10-16(15)2)32(29,30)28-9-8-23-20(12-28)22(26-27(23)3)14-31-13-17-5-6-18(25)11-21(17)24/h4-7,10-11H,8-9,12-14H2,1-3H3. The fourth-order valence-corrected chi connectivity index (χ4v) is 5.60. The minimum atomic E-state index is -3.62. The minimum absolute atomic E-state index is 0.203. The van der Waals surface area contributed by atoms with E-state index in [2.05, 4.69) is 5.10 Å². The van der Waals surface area contributed by atoms with E-state index in [9.17, 15) is 12.8 Å². The second kappa shape index (κ2) is 8.94. The van der Waals surface area contributed by atoms with Crippen LogP contribution in [0.3, 0.4) is 0 Å². The summed E-state index contributed by atoms with van der Waals surface area (Å²) in [4.78, 5) is 0.302. The summed E-state index contributed by atoms with van der Waals surface area (Å²) in [7, 11) is -1.77. The lowest BCUT2D eigenvalue weighted by molar-refractivity contribution is 0.103. The molecule has 0 radical (unpaired) electrons. The Kier molecular flexibility index (Phi) is 6.40.